The van der Waals surface area contributed by atoms with Crippen LogP contribution >= 0.6 is 11.6 Å². The fourth-order valence-electron chi connectivity index (χ4n) is 3.67. The van der Waals surface area contributed by atoms with Crippen LogP contribution in [0.1, 0.15) is 27.8 Å². The van der Waals surface area contributed by atoms with Gasteiger partial charge in [-0.05, 0) is 85.8 Å². The van der Waals surface area contributed by atoms with Gasteiger partial charge < -0.3 is 5.32 Å². The molecule has 0 fully saturated rings. The third-order valence-corrected chi connectivity index (χ3v) is 5.85. The Morgan fingerprint density at radius 2 is 1.42 bits per heavy atom. The van der Waals surface area contributed by atoms with Gasteiger partial charge in [-0.2, -0.15) is 0 Å². The van der Waals surface area contributed by atoms with E-state index in [9.17, 15) is 9.59 Å². The second kappa shape index (κ2) is 8.05. The number of benzene rings is 3. The first-order valence-corrected chi connectivity index (χ1v) is 10.4. The van der Waals surface area contributed by atoms with E-state index in [-0.39, 0.29) is 17.5 Å². The molecule has 2 amide bonds. The topological polar surface area (TPSA) is 49.4 Å². The molecule has 156 valence electrons. The number of amides is 2. The van der Waals surface area contributed by atoms with Gasteiger partial charge in [0.2, 0.25) is 0 Å². The maximum absolute atomic E-state index is 13.6. The Morgan fingerprint density at radius 1 is 0.742 bits per heavy atom. The van der Waals surface area contributed by atoms with Crippen molar-refractivity contribution in [3.63, 3.8) is 0 Å². The summed E-state index contributed by atoms with van der Waals surface area (Å²) in [6.07, 6.45) is 0. The monoisotopic (exact) mass is 430 g/mol. The van der Waals surface area contributed by atoms with Crippen molar-refractivity contribution in [1.29, 1.82) is 0 Å². The quantitative estimate of drug-likeness (QED) is 0.518. The zero-order valence-electron chi connectivity index (χ0n) is 17.9. The van der Waals surface area contributed by atoms with E-state index < -0.39 is 0 Å². The van der Waals surface area contributed by atoms with Crippen LogP contribution in [0, 0.1) is 27.7 Å². The van der Waals surface area contributed by atoms with Crippen molar-refractivity contribution in [2.45, 2.75) is 27.7 Å². The number of hydrogen-bond acceptors (Lipinski definition) is 3. The lowest BCUT2D eigenvalue weighted by molar-refractivity contribution is -0.120. The lowest BCUT2D eigenvalue weighted by Crippen LogP contribution is -2.33. The van der Waals surface area contributed by atoms with E-state index in [1.807, 2.05) is 64.1 Å². The smallest absolute Gasteiger partial charge is 0.282 e. The highest BCUT2D eigenvalue weighted by atomic mass is 35.5. The number of halogens is 1. The summed E-state index contributed by atoms with van der Waals surface area (Å²) >= 11 is 6.05. The Labute approximate surface area is 187 Å². The summed E-state index contributed by atoms with van der Waals surface area (Å²) in [5.41, 5.74) is 6.68. The Bertz CT molecular complexity index is 1240. The second-order valence-electron chi connectivity index (χ2n) is 7.92. The summed E-state index contributed by atoms with van der Waals surface area (Å²) in [5, 5.41) is 3.79. The van der Waals surface area contributed by atoms with Gasteiger partial charge in [-0.1, -0.05) is 41.9 Å². The van der Waals surface area contributed by atoms with E-state index >= 15 is 0 Å². The molecule has 0 unspecified atom stereocenters. The highest BCUT2D eigenvalue weighted by molar-refractivity contribution is 6.46. The SMILES string of the molecule is Cc1ccc(C)c(N2C(=O)C(Nc3ccc(C)c(C)c3)=C(c3ccc(Cl)cc3)C2=O)c1. The molecule has 0 aliphatic carbocycles. The molecule has 0 saturated heterocycles. The van der Waals surface area contributed by atoms with E-state index in [1.165, 1.54) is 4.90 Å². The normalized spacial score (nSPS) is 13.9. The predicted octanol–water partition coefficient (Wildman–Crippen LogP) is 5.97. The molecule has 0 bridgehead atoms. The van der Waals surface area contributed by atoms with Crippen molar-refractivity contribution < 1.29 is 9.59 Å². The molecule has 0 radical (unpaired) electrons. The van der Waals surface area contributed by atoms with E-state index in [4.69, 9.17) is 11.6 Å². The lowest BCUT2D eigenvalue weighted by Gasteiger charge is -2.18. The highest BCUT2D eigenvalue weighted by Crippen LogP contribution is 2.36. The number of anilines is 2. The van der Waals surface area contributed by atoms with Crippen molar-refractivity contribution in [2.75, 3.05) is 10.2 Å². The lowest BCUT2D eigenvalue weighted by atomic mass is 10.0. The fraction of sp³-hybridized carbons (Fsp3) is 0.154. The number of hydrogen-bond donors (Lipinski definition) is 1. The van der Waals surface area contributed by atoms with Crippen molar-refractivity contribution in [2.24, 2.45) is 0 Å². The minimum absolute atomic E-state index is 0.261. The molecule has 0 saturated carbocycles. The van der Waals surface area contributed by atoms with E-state index in [0.29, 0.717) is 21.8 Å². The molecular formula is C26H23ClN2O2. The molecule has 1 aliphatic rings. The van der Waals surface area contributed by atoms with Crippen LogP contribution in [0.5, 0.6) is 0 Å². The van der Waals surface area contributed by atoms with E-state index in [2.05, 4.69) is 5.32 Å². The zero-order chi connectivity index (χ0) is 22.3. The zero-order valence-corrected chi connectivity index (χ0v) is 18.7. The van der Waals surface area contributed by atoms with Gasteiger partial charge in [-0.25, -0.2) is 4.90 Å². The fourth-order valence-corrected chi connectivity index (χ4v) is 3.80. The molecular weight excluding hydrogens is 408 g/mol. The molecule has 0 aromatic heterocycles. The highest BCUT2D eigenvalue weighted by Gasteiger charge is 2.40. The van der Waals surface area contributed by atoms with Crippen LogP contribution < -0.4 is 10.2 Å². The summed E-state index contributed by atoms with van der Waals surface area (Å²) in [6.45, 7) is 7.88. The van der Waals surface area contributed by atoms with Crippen molar-refractivity contribution in [3.05, 3.63) is 99.2 Å². The largest absolute Gasteiger partial charge is 0.350 e. The molecule has 4 rings (SSSR count). The molecule has 31 heavy (non-hydrogen) atoms. The molecule has 3 aromatic carbocycles. The van der Waals surface area contributed by atoms with Crippen molar-refractivity contribution >= 4 is 40.4 Å². The van der Waals surface area contributed by atoms with E-state index in [0.717, 1.165) is 27.9 Å². The maximum atomic E-state index is 13.6. The minimum Gasteiger partial charge on any atom is -0.350 e. The molecule has 4 nitrogen and oxygen atoms in total. The van der Waals surface area contributed by atoms with Gasteiger partial charge in [-0.15, -0.1) is 0 Å². The van der Waals surface area contributed by atoms with Crippen molar-refractivity contribution in [3.8, 4) is 0 Å². The summed E-state index contributed by atoms with van der Waals surface area (Å²) in [5.74, 6) is -0.728. The second-order valence-corrected chi connectivity index (χ2v) is 8.35. The Hall–Kier alpha value is -3.37. The molecule has 0 atom stereocenters. The standard InChI is InChI=1S/C26H23ClN2O2/c1-15-5-6-17(3)22(13-15)29-25(30)23(19-8-10-20(27)11-9-19)24(26(29)31)28-21-12-7-16(2)18(4)14-21/h5-14,28H,1-4H3. The summed E-state index contributed by atoms with van der Waals surface area (Å²) in [4.78, 5) is 28.4. The van der Waals surface area contributed by atoms with Gasteiger partial charge in [0.25, 0.3) is 11.8 Å². The minimum atomic E-state index is -0.373. The van der Waals surface area contributed by atoms with Gasteiger partial charge >= 0.3 is 0 Å². The summed E-state index contributed by atoms with van der Waals surface area (Å²) < 4.78 is 0. The first kappa shape index (κ1) is 20.9. The molecule has 1 aliphatic heterocycles. The van der Waals surface area contributed by atoms with Crippen LogP contribution in [0.2, 0.25) is 5.02 Å². The van der Waals surface area contributed by atoms with Crippen LogP contribution in [0.25, 0.3) is 5.57 Å². The third kappa shape index (κ3) is 3.87. The molecule has 3 aromatic rings. The van der Waals surface area contributed by atoms with Gasteiger partial charge in [0.1, 0.15) is 5.70 Å². The van der Waals surface area contributed by atoms with Gasteiger partial charge in [0.05, 0.1) is 11.3 Å². The number of rotatable bonds is 4. The average molecular weight is 431 g/mol. The van der Waals surface area contributed by atoms with Crippen LogP contribution in [0.15, 0.2) is 66.4 Å². The number of carbonyl (C=O) groups is 2. The Morgan fingerprint density at radius 3 is 2.10 bits per heavy atom. The summed E-state index contributed by atoms with van der Waals surface area (Å²) in [6, 6.07) is 18.6. The first-order valence-electron chi connectivity index (χ1n) is 10.1. The third-order valence-electron chi connectivity index (χ3n) is 5.60. The van der Waals surface area contributed by atoms with Gasteiger partial charge in [-0.3, -0.25) is 9.59 Å². The van der Waals surface area contributed by atoms with Crippen LogP contribution in [0.3, 0.4) is 0 Å². The Kier molecular flexibility index (Phi) is 5.42. The number of nitrogens with one attached hydrogen (secondary N) is 1. The molecule has 5 heteroatoms. The number of imide groups is 1. The predicted molar refractivity (Wildman–Crippen MR) is 126 cm³/mol. The maximum Gasteiger partial charge on any atom is 0.282 e. The average Bonchev–Trinajstić information content (AvgIpc) is 2.97. The van der Waals surface area contributed by atoms with Gasteiger partial charge in [0, 0.05) is 10.7 Å². The number of aryl methyl sites for hydroxylation is 4. The van der Waals surface area contributed by atoms with Crippen LogP contribution in [-0.2, 0) is 9.59 Å². The summed E-state index contributed by atoms with van der Waals surface area (Å²) in [7, 11) is 0. The van der Waals surface area contributed by atoms with E-state index in [1.54, 1.807) is 24.3 Å². The molecule has 0 spiro atoms. The molecule has 1 heterocycles. The van der Waals surface area contributed by atoms with Gasteiger partial charge in [0.15, 0.2) is 0 Å². The first-order chi connectivity index (χ1) is 14.8. The van der Waals surface area contributed by atoms with Crippen LogP contribution in [-0.4, -0.2) is 11.8 Å². The van der Waals surface area contributed by atoms with Crippen LogP contribution in [0.4, 0.5) is 11.4 Å². The van der Waals surface area contributed by atoms with Crippen molar-refractivity contribution in [1.82, 2.24) is 0 Å². The molecule has 1 N–H and O–H groups in total. The Balaban J connectivity index is 1.85. The number of nitrogens with zero attached hydrogens (tertiary/aromatic N) is 1. The number of carbonyl (C=O) groups excluding carboxylic acids is 2.